The molecule has 138 valence electrons. The highest BCUT2D eigenvalue weighted by Crippen LogP contribution is 2.39. The first-order valence-electron chi connectivity index (χ1n) is 10.0. The van der Waals surface area contributed by atoms with Crippen molar-refractivity contribution in [3.8, 4) is 0 Å². The second-order valence-corrected chi connectivity index (χ2v) is 13.2. The van der Waals surface area contributed by atoms with E-state index < -0.39 is 8.32 Å². The number of hydrogen-bond acceptors (Lipinski definition) is 2. The van der Waals surface area contributed by atoms with E-state index in [1.807, 2.05) is 0 Å². The van der Waals surface area contributed by atoms with Gasteiger partial charge in [0, 0.05) is 18.6 Å². The molecule has 26 heavy (non-hydrogen) atoms. The number of hydrogen-bond donors (Lipinski definition) is 0. The lowest BCUT2D eigenvalue weighted by atomic mass is 10.0. The van der Waals surface area contributed by atoms with E-state index in [-0.39, 0.29) is 5.04 Å². The van der Waals surface area contributed by atoms with Gasteiger partial charge in [0.05, 0.1) is 6.61 Å². The minimum absolute atomic E-state index is 0.0733. The molecule has 1 aliphatic heterocycles. The third-order valence-electron chi connectivity index (χ3n) is 6.11. The van der Waals surface area contributed by atoms with Crippen LogP contribution in [-0.4, -0.2) is 38.5 Å². The summed E-state index contributed by atoms with van der Waals surface area (Å²) in [7, 11) is -2.37. The molecule has 0 spiro atoms. The molecule has 2 fully saturated rings. The summed E-state index contributed by atoms with van der Waals surface area (Å²) in [6.45, 7) is 9.21. The van der Waals surface area contributed by atoms with Crippen molar-refractivity contribution in [2.45, 2.75) is 57.2 Å². The second kappa shape index (κ2) is 6.95. The number of rotatable bonds is 6. The van der Waals surface area contributed by atoms with Gasteiger partial charge < -0.3 is 4.43 Å². The van der Waals surface area contributed by atoms with Gasteiger partial charge in [-0.25, -0.2) is 0 Å². The summed E-state index contributed by atoms with van der Waals surface area (Å²) in [6.07, 6.45) is 4.06. The zero-order chi connectivity index (χ0) is 18.2. The van der Waals surface area contributed by atoms with Crippen LogP contribution in [0.2, 0.25) is 5.04 Å². The summed E-state index contributed by atoms with van der Waals surface area (Å²) >= 11 is 0. The Bertz CT molecular complexity index is 681. The Labute approximate surface area is 159 Å². The second-order valence-electron chi connectivity index (χ2n) is 8.89. The summed E-state index contributed by atoms with van der Waals surface area (Å²) in [6, 6.07) is 23.4. The zero-order valence-electron chi connectivity index (χ0n) is 16.3. The third kappa shape index (κ3) is 3.17. The van der Waals surface area contributed by atoms with Gasteiger partial charge >= 0.3 is 0 Å². The van der Waals surface area contributed by atoms with Crippen molar-refractivity contribution in [3.63, 3.8) is 0 Å². The van der Waals surface area contributed by atoms with E-state index >= 15 is 0 Å². The molecule has 1 aliphatic carbocycles. The third-order valence-corrected chi connectivity index (χ3v) is 11.1. The van der Waals surface area contributed by atoms with Crippen LogP contribution >= 0.6 is 0 Å². The Hall–Kier alpha value is -1.42. The fourth-order valence-electron chi connectivity index (χ4n) is 4.51. The van der Waals surface area contributed by atoms with Gasteiger partial charge in [0.15, 0.2) is 0 Å². The van der Waals surface area contributed by atoms with Crippen LogP contribution in [-0.2, 0) is 4.43 Å². The van der Waals surface area contributed by atoms with Gasteiger partial charge in [-0.3, -0.25) is 4.90 Å². The van der Waals surface area contributed by atoms with Crippen molar-refractivity contribution >= 4 is 18.7 Å². The molecule has 2 aromatic rings. The minimum atomic E-state index is -2.37. The summed E-state index contributed by atoms with van der Waals surface area (Å²) in [5.74, 6) is 0. The van der Waals surface area contributed by atoms with Crippen LogP contribution in [0.1, 0.15) is 40.0 Å². The van der Waals surface area contributed by atoms with Crippen LogP contribution in [0.3, 0.4) is 0 Å². The fourth-order valence-corrected chi connectivity index (χ4v) is 9.11. The molecule has 0 aromatic heterocycles. The van der Waals surface area contributed by atoms with Gasteiger partial charge in [-0.1, -0.05) is 81.4 Å². The van der Waals surface area contributed by atoms with E-state index in [0.717, 1.165) is 12.6 Å². The monoisotopic (exact) mass is 365 g/mol. The molecule has 2 nitrogen and oxygen atoms in total. The molecule has 0 N–H and O–H groups in total. The summed E-state index contributed by atoms with van der Waals surface area (Å²) in [4.78, 5) is 2.68. The summed E-state index contributed by atoms with van der Waals surface area (Å²) < 4.78 is 7.08. The number of likely N-dealkylation sites (tertiary alicyclic amines) is 1. The molecule has 1 unspecified atom stereocenters. The van der Waals surface area contributed by atoms with E-state index in [1.165, 1.54) is 36.2 Å². The smallest absolute Gasteiger partial charge is 0.261 e. The maximum absolute atomic E-state index is 7.08. The van der Waals surface area contributed by atoms with Crippen molar-refractivity contribution in [2.24, 2.45) is 0 Å². The van der Waals surface area contributed by atoms with Crippen LogP contribution in [0.5, 0.6) is 0 Å². The Morgan fingerprint density at radius 2 is 1.42 bits per heavy atom. The number of benzene rings is 2. The molecule has 1 saturated carbocycles. The van der Waals surface area contributed by atoms with Gasteiger partial charge in [0.25, 0.3) is 8.32 Å². The largest absolute Gasteiger partial charge is 0.406 e. The average Bonchev–Trinajstić information content (AvgIpc) is 3.43. The quantitative estimate of drug-likeness (QED) is 0.722. The van der Waals surface area contributed by atoms with Crippen LogP contribution in [0.15, 0.2) is 60.7 Å². The fraction of sp³-hybridized carbons (Fsp3) is 0.478. The molecule has 0 bridgehead atoms. The first-order valence-corrected chi connectivity index (χ1v) is 11.9. The van der Waals surface area contributed by atoms with E-state index in [4.69, 9.17) is 4.43 Å². The first kappa shape index (κ1) is 18.0. The topological polar surface area (TPSA) is 12.5 Å². The predicted octanol–water partition coefficient (Wildman–Crippen LogP) is 3.80. The van der Waals surface area contributed by atoms with Gasteiger partial charge in [-0.15, -0.1) is 0 Å². The summed E-state index contributed by atoms with van der Waals surface area (Å²) in [5, 5.41) is 2.84. The highest BCUT2D eigenvalue weighted by atomic mass is 28.4. The lowest BCUT2D eigenvalue weighted by Crippen LogP contribution is -2.68. The van der Waals surface area contributed by atoms with E-state index in [1.54, 1.807) is 0 Å². The molecule has 2 aromatic carbocycles. The van der Waals surface area contributed by atoms with Gasteiger partial charge in [-0.05, 0) is 34.7 Å². The maximum atomic E-state index is 7.08. The van der Waals surface area contributed by atoms with E-state index in [2.05, 4.69) is 86.3 Å². The normalized spacial score (nSPS) is 21.4. The molecule has 0 radical (unpaired) electrons. The van der Waals surface area contributed by atoms with Gasteiger partial charge in [0.2, 0.25) is 0 Å². The standard InChI is InChI=1S/C23H31NOSi/c1-23(2,3)26(21-10-6-4-7-11-21,22-12-8-5-9-13-22)25-18-20-16-17-24(20)19-14-15-19/h4-13,19-20H,14-18H2,1-3H3. The molecule has 4 rings (SSSR count). The molecule has 1 heterocycles. The van der Waals surface area contributed by atoms with Crippen LogP contribution < -0.4 is 10.4 Å². The lowest BCUT2D eigenvalue weighted by molar-refractivity contribution is 0.0402. The Morgan fingerprint density at radius 1 is 0.885 bits per heavy atom. The first-order chi connectivity index (χ1) is 12.5. The molecular weight excluding hydrogens is 334 g/mol. The Morgan fingerprint density at radius 3 is 1.81 bits per heavy atom. The zero-order valence-corrected chi connectivity index (χ0v) is 17.3. The van der Waals surface area contributed by atoms with E-state index in [0.29, 0.717) is 6.04 Å². The van der Waals surface area contributed by atoms with Crippen molar-refractivity contribution in [3.05, 3.63) is 60.7 Å². The molecule has 2 aliphatic rings. The Kier molecular flexibility index (Phi) is 4.80. The van der Waals surface area contributed by atoms with E-state index in [9.17, 15) is 0 Å². The Balaban J connectivity index is 1.70. The van der Waals surface area contributed by atoms with Crippen molar-refractivity contribution in [1.29, 1.82) is 0 Å². The van der Waals surface area contributed by atoms with Crippen molar-refractivity contribution in [2.75, 3.05) is 13.2 Å². The highest BCUT2D eigenvalue weighted by molar-refractivity contribution is 6.99. The molecular formula is C23H31NOSi. The molecule has 1 saturated heterocycles. The summed E-state index contributed by atoms with van der Waals surface area (Å²) in [5.41, 5.74) is 0. The average molecular weight is 366 g/mol. The molecule has 0 amide bonds. The number of nitrogens with zero attached hydrogens (tertiary/aromatic N) is 1. The minimum Gasteiger partial charge on any atom is -0.406 e. The van der Waals surface area contributed by atoms with Crippen molar-refractivity contribution in [1.82, 2.24) is 4.90 Å². The van der Waals surface area contributed by atoms with Crippen LogP contribution in [0.25, 0.3) is 0 Å². The molecule has 3 heteroatoms. The van der Waals surface area contributed by atoms with Crippen LogP contribution in [0.4, 0.5) is 0 Å². The highest BCUT2D eigenvalue weighted by Gasteiger charge is 2.51. The van der Waals surface area contributed by atoms with Crippen LogP contribution in [0, 0.1) is 0 Å². The lowest BCUT2D eigenvalue weighted by Gasteiger charge is -2.47. The predicted molar refractivity (Wildman–Crippen MR) is 112 cm³/mol. The van der Waals surface area contributed by atoms with Gasteiger partial charge in [-0.2, -0.15) is 0 Å². The van der Waals surface area contributed by atoms with Crippen molar-refractivity contribution < 1.29 is 4.43 Å². The SMILES string of the molecule is CC(C)(C)[Si](OCC1CCN1C1CC1)(c1ccccc1)c1ccccc1. The maximum Gasteiger partial charge on any atom is 0.261 e. The molecule has 1 atom stereocenters. The van der Waals surface area contributed by atoms with Gasteiger partial charge in [0.1, 0.15) is 0 Å².